The second-order valence-electron chi connectivity index (χ2n) is 4.71. The number of aromatic nitrogens is 3. The Morgan fingerprint density at radius 2 is 1.88 bits per heavy atom. The molecule has 1 amide bonds. The van der Waals surface area contributed by atoms with Gasteiger partial charge in [-0.25, -0.2) is 0 Å². The molecule has 0 radical (unpaired) electrons. The summed E-state index contributed by atoms with van der Waals surface area (Å²) in [6.07, 6.45) is 6.83. The van der Waals surface area contributed by atoms with E-state index < -0.39 is 0 Å². The van der Waals surface area contributed by atoms with E-state index in [9.17, 15) is 4.79 Å². The molecule has 0 atom stereocenters. The van der Waals surface area contributed by atoms with Gasteiger partial charge in [0, 0.05) is 13.1 Å². The molecule has 0 saturated carbocycles. The van der Waals surface area contributed by atoms with Crippen LogP contribution in [0.3, 0.4) is 0 Å². The first-order chi connectivity index (χ1) is 12.2. The van der Waals surface area contributed by atoms with Crippen LogP contribution in [0, 0.1) is 12.3 Å². The summed E-state index contributed by atoms with van der Waals surface area (Å²) < 4.78 is 5.25. The van der Waals surface area contributed by atoms with Crippen LogP contribution < -0.4 is 21.3 Å². The van der Waals surface area contributed by atoms with Crippen molar-refractivity contribution in [2.45, 2.75) is 6.54 Å². The average molecular weight is 364 g/mol. The zero-order chi connectivity index (χ0) is 17.9. The molecule has 0 spiro atoms. The molecule has 9 nitrogen and oxygen atoms in total. The van der Waals surface area contributed by atoms with E-state index in [1.807, 2.05) is 6.07 Å². The number of anilines is 3. The number of alkyl halides is 1. The Labute approximate surface area is 150 Å². The second-order valence-corrected chi connectivity index (χ2v) is 4.97. The van der Waals surface area contributed by atoms with Crippen LogP contribution in [0.1, 0.15) is 5.76 Å². The summed E-state index contributed by atoms with van der Waals surface area (Å²) >= 11 is 5.41. The smallest absolute Gasteiger partial charge is 0.234 e. The fourth-order valence-electron chi connectivity index (χ4n) is 1.75. The number of carbonyl (C=O) groups excluding carboxylic acids is 1. The fraction of sp³-hybridized carbons (Fsp3) is 0.333. The third kappa shape index (κ3) is 6.56. The summed E-state index contributed by atoms with van der Waals surface area (Å²) in [5, 5.41) is 11.6. The normalized spacial score (nSPS) is 9.92. The van der Waals surface area contributed by atoms with E-state index in [1.165, 1.54) is 0 Å². The molecule has 0 bridgehead atoms. The number of furan rings is 1. The first kappa shape index (κ1) is 18.4. The molecule has 25 heavy (non-hydrogen) atoms. The molecule has 0 aliphatic rings. The molecule has 10 heteroatoms. The van der Waals surface area contributed by atoms with Crippen molar-refractivity contribution in [3.05, 3.63) is 24.2 Å². The predicted molar refractivity (Wildman–Crippen MR) is 95.4 cm³/mol. The number of amides is 1. The van der Waals surface area contributed by atoms with Gasteiger partial charge in [0.05, 0.1) is 19.4 Å². The van der Waals surface area contributed by atoms with Crippen LogP contribution in [0.5, 0.6) is 0 Å². The number of halogens is 1. The van der Waals surface area contributed by atoms with Gasteiger partial charge in [0.1, 0.15) is 11.6 Å². The lowest BCUT2D eigenvalue weighted by Gasteiger charge is -2.10. The number of hydrogen-bond donors (Lipinski definition) is 4. The standard InChI is InChI=1S/C15H18ClN7O2/c1-2-5-18-13-21-14(19-7-6-17-12(24)9-16)23-15(22-13)20-10-11-4-3-8-25-11/h1,3-4,8H,5-7,9-10H2,(H,17,24)(H3,18,19,20,21,22,23). The zero-order valence-corrected chi connectivity index (χ0v) is 14.1. The van der Waals surface area contributed by atoms with Gasteiger partial charge in [-0.15, -0.1) is 18.0 Å². The largest absolute Gasteiger partial charge is 0.467 e. The van der Waals surface area contributed by atoms with E-state index in [-0.39, 0.29) is 18.3 Å². The summed E-state index contributed by atoms with van der Waals surface area (Å²) in [5.41, 5.74) is 0. The number of nitrogens with one attached hydrogen (secondary N) is 4. The van der Waals surface area contributed by atoms with Gasteiger partial charge in [0.15, 0.2) is 0 Å². The van der Waals surface area contributed by atoms with Gasteiger partial charge in [-0.1, -0.05) is 5.92 Å². The lowest BCUT2D eigenvalue weighted by atomic mass is 10.4. The Balaban J connectivity index is 1.97. The second kappa shape index (κ2) is 10.00. The van der Waals surface area contributed by atoms with Crippen molar-refractivity contribution < 1.29 is 9.21 Å². The molecule has 0 unspecified atom stereocenters. The minimum atomic E-state index is -0.240. The highest BCUT2D eigenvalue weighted by atomic mass is 35.5. The van der Waals surface area contributed by atoms with Crippen LogP contribution in [-0.2, 0) is 11.3 Å². The Morgan fingerprint density at radius 1 is 1.16 bits per heavy atom. The highest BCUT2D eigenvalue weighted by molar-refractivity contribution is 6.27. The van der Waals surface area contributed by atoms with Crippen LogP contribution in [0.4, 0.5) is 17.8 Å². The van der Waals surface area contributed by atoms with Gasteiger partial charge in [-0.2, -0.15) is 15.0 Å². The van der Waals surface area contributed by atoms with Crippen molar-refractivity contribution in [1.29, 1.82) is 0 Å². The van der Waals surface area contributed by atoms with Crippen molar-refractivity contribution >= 4 is 35.4 Å². The number of nitrogens with zero attached hydrogens (tertiary/aromatic N) is 3. The molecule has 0 aliphatic heterocycles. The molecule has 2 aromatic rings. The van der Waals surface area contributed by atoms with E-state index in [4.69, 9.17) is 22.4 Å². The van der Waals surface area contributed by atoms with Crippen molar-refractivity contribution in [2.24, 2.45) is 0 Å². The Bertz CT molecular complexity index is 715. The minimum Gasteiger partial charge on any atom is -0.467 e. The highest BCUT2D eigenvalue weighted by Gasteiger charge is 2.07. The molecule has 4 N–H and O–H groups in total. The Hall–Kier alpha value is -2.99. The summed E-state index contributed by atoms with van der Waals surface area (Å²) in [6.45, 7) is 1.53. The number of hydrogen-bond acceptors (Lipinski definition) is 8. The van der Waals surface area contributed by atoms with E-state index in [0.29, 0.717) is 37.5 Å². The van der Waals surface area contributed by atoms with E-state index in [0.717, 1.165) is 5.76 Å². The van der Waals surface area contributed by atoms with Crippen molar-refractivity contribution in [1.82, 2.24) is 20.3 Å². The van der Waals surface area contributed by atoms with Gasteiger partial charge in [0.25, 0.3) is 0 Å². The van der Waals surface area contributed by atoms with Gasteiger partial charge in [-0.05, 0) is 12.1 Å². The van der Waals surface area contributed by atoms with Crippen LogP contribution in [-0.4, -0.2) is 46.4 Å². The van der Waals surface area contributed by atoms with Gasteiger partial charge in [0.2, 0.25) is 23.8 Å². The van der Waals surface area contributed by atoms with Crippen LogP contribution in [0.2, 0.25) is 0 Å². The lowest BCUT2D eigenvalue weighted by molar-refractivity contribution is -0.118. The van der Waals surface area contributed by atoms with Crippen LogP contribution in [0.25, 0.3) is 0 Å². The van der Waals surface area contributed by atoms with Gasteiger partial charge in [-0.3, -0.25) is 4.79 Å². The minimum absolute atomic E-state index is 0.0766. The third-order valence-corrected chi connectivity index (χ3v) is 3.08. The number of rotatable bonds is 10. The van der Waals surface area contributed by atoms with Crippen molar-refractivity contribution in [3.8, 4) is 12.3 Å². The highest BCUT2D eigenvalue weighted by Crippen LogP contribution is 2.10. The van der Waals surface area contributed by atoms with E-state index in [2.05, 4.69) is 42.1 Å². The van der Waals surface area contributed by atoms with Gasteiger partial charge >= 0.3 is 0 Å². The summed E-state index contributed by atoms with van der Waals surface area (Å²) in [7, 11) is 0. The van der Waals surface area contributed by atoms with Crippen molar-refractivity contribution in [2.75, 3.05) is 41.5 Å². The van der Waals surface area contributed by atoms with Gasteiger partial charge < -0.3 is 25.7 Å². The zero-order valence-electron chi connectivity index (χ0n) is 13.4. The molecule has 132 valence electrons. The third-order valence-electron chi connectivity index (χ3n) is 2.84. The average Bonchev–Trinajstić information content (AvgIpc) is 3.15. The maximum Gasteiger partial charge on any atom is 0.234 e. The first-order valence-corrected chi connectivity index (χ1v) is 8.01. The summed E-state index contributed by atoms with van der Waals surface area (Å²) in [6, 6.07) is 3.64. The van der Waals surface area contributed by atoms with Crippen molar-refractivity contribution in [3.63, 3.8) is 0 Å². The molecule has 2 heterocycles. The maximum atomic E-state index is 11.1. The Kier molecular flexibility index (Phi) is 7.34. The summed E-state index contributed by atoms with van der Waals surface area (Å²) in [4.78, 5) is 23.8. The predicted octanol–water partition coefficient (Wildman–Crippen LogP) is 0.889. The maximum absolute atomic E-state index is 11.1. The SMILES string of the molecule is C#CCNc1nc(NCCNC(=O)CCl)nc(NCc2ccco2)n1. The quantitative estimate of drug-likeness (QED) is 0.279. The lowest BCUT2D eigenvalue weighted by Crippen LogP contribution is -2.29. The molecule has 0 fully saturated rings. The molecule has 0 saturated heterocycles. The topological polar surface area (TPSA) is 117 Å². The van der Waals surface area contributed by atoms with Crippen LogP contribution >= 0.6 is 11.6 Å². The molecule has 0 aromatic carbocycles. The summed E-state index contributed by atoms with van der Waals surface area (Å²) in [5.74, 6) is 3.92. The molecule has 2 rings (SSSR count). The van der Waals surface area contributed by atoms with Crippen LogP contribution in [0.15, 0.2) is 22.8 Å². The van der Waals surface area contributed by atoms with E-state index >= 15 is 0 Å². The molecule has 2 aromatic heterocycles. The Morgan fingerprint density at radius 3 is 2.52 bits per heavy atom. The monoisotopic (exact) mass is 363 g/mol. The molecule has 0 aliphatic carbocycles. The molecular formula is C15H18ClN7O2. The number of carbonyl (C=O) groups is 1. The number of terminal acetylenes is 1. The first-order valence-electron chi connectivity index (χ1n) is 7.47. The van der Waals surface area contributed by atoms with E-state index in [1.54, 1.807) is 12.3 Å². The molecular weight excluding hydrogens is 346 g/mol. The fourth-order valence-corrected chi connectivity index (χ4v) is 1.84.